The third-order valence-corrected chi connectivity index (χ3v) is 3.46. The number of rotatable bonds is 4. The lowest BCUT2D eigenvalue weighted by Crippen LogP contribution is -2.10. The first kappa shape index (κ1) is 14.0. The topological polar surface area (TPSA) is 52.3 Å². The zero-order chi connectivity index (χ0) is 13.1. The van der Waals surface area contributed by atoms with Gasteiger partial charge in [0.15, 0.2) is 0 Å². The van der Waals surface area contributed by atoms with Crippen molar-refractivity contribution in [2.75, 3.05) is 25.2 Å². The van der Waals surface area contributed by atoms with E-state index in [2.05, 4.69) is 0 Å². The lowest BCUT2D eigenvalue weighted by molar-refractivity contribution is -0.137. The largest absolute Gasteiger partial charge is 0.416 e. The van der Waals surface area contributed by atoms with Gasteiger partial charge in [-0.25, -0.2) is 0 Å². The van der Waals surface area contributed by atoms with E-state index in [9.17, 15) is 17.4 Å². The molecule has 0 aliphatic carbocycles. The van der Waals surface area contributed by atoms with Crippen LogP contribution in [0.1, 0.15) is 5.56 Å². The summed E-state index contributed by atoms with van der Waals surface area (Å²) in [7, 11) is 0.00443. The molecule has 3 nitrogen and oxygen atoms in total. The molecule has 1 aromatic rings. The minimum atomic E-state index is -4.44. The SMILES string of the molecule is COCCS(=O)c1ccc(C(F)(F)F)cc1N. The third kappa shape index (κ3) is 3.71. The van der Waals surface area contributed by atoms with E-state index in [1.165, 1.54) is 7.11 Å². The van der Waals surface area contributed by atoms with Crippen molar-refractivity contribution >= 4 is 16.5 Å². The Bertz CT molecular complexity index is 421. The number of nitrogen functional groups attached to an aromatic ring is 1. The molecule has 1 rings (SSSR count). The number of nitrogens with two attached hydrogens (primary N) is 1. The van der Waals surface area contributed by atoms with Crippen molar-refractivity contribution in [2.24, 2.45) is 0 Å². The lowest BCUT2D eigenvalue weighted by Gasteiger charge is -2.10. The number of anilines is 1. The molecule has 7 heteroatoms. The Labute approximate surface area is 99.2 Å². The fourth-order valence-electron chi connectivity index (χ4n) is 1.20. The Kier molecular flexibility index (Phi) is 4.53. The number of benzene rings is 1. The molecule has 0 heterocycles. The number of methoxy groups -OCH3 is 1. The highest BCUT2D eigenvalue weighted by Gasteiger charge is 2.31. The van der Waals surface area contributed by atoms with Gasteiger partial charge in [-0.05, 0) is 18.2 Å². The van der Waals surface area contributed by atoms with E-state index in [0.717, 1.165) is 18.2 Å². The van der Waals surface area contributed by atoms with Crippen molar-refractivity contribution < 1.29 is 22.1 Å². The van der Waals surface area contributed by atoms with E-state index >= 15 is 0 Å². The van der Waals surface area contributed by atoms with Gasteiger partial charge in [0.1, 0.15) is 0 Å². The van der Waals surface area contributed by atoms with Crippen molar-refractivity contribution in [1.82, 2.24) is 0 Å². The van der Waals surface area contributed by atoms with Crippen LogP contribution in [0.3, 0.4) is 0 Å². The van der Waals surface area contributed by atoms with E-state index in [4.69, 9.17) is 10.5 Å². The maximum absolute atomic E-state index is 12.4. The molecule has 0 saturated heterocycles. The molecule has 2 N–H and O–H groups in total. The van der Waals surface area contributed by atoms with Crippen LogP contribution in [0.4, 0.5) is 18.9 Å². The summed E-state index contributed by atoms with van der Waals surface area (Å²) >= 11 is 0. The second-order valence-corrected chi connectivity index (χ2v) is 4.83. The summed E-state index contributed by atoms with van der Waals surface area (Å²) in [5.41, 5.74) is 4.50. The summed E-state index contributed by atoms with van der Waals surface area (Å²) in [6.07, 6.45) is -4.44. The standard InChI is InChI=1S/C10H12F3NO2S/c1-16-4-5-17(15)9-3-2-7(6-8(9)14)10(11,12)13/h2-3,6H,4-5,14H2,1H3. The molecular weight excluding hydrogens is 255 g/mol. The van der Waals surface area contributed by atoms with Crippen LogP contribution in [0, 0.1) is 0 Å². The zero-order valence-corrected chi connectivity index (χ0v) is 9.90. The highest BCUT2D eigenvalue weighted by molar-refractivity contribution is 7.85. The predicted molar refractivity (Wildman–Crippen MR) is 59.0 cm³/mol. The summed E-state index contributed by atoms with van der Waals surface area (Å²) in [4.78, 5) is 0.204. The second-order valence-electron chi connectivity index (χ2n) is 3.29. The molecule has 0 saturated carbocycles. The zero-order valence-electron chi connectivity index (χ0n) is 9.08. The third-order valence-electron chi connectivity index (χ3n) is 2.06. The van der Waals surface area contributed by atoms with Crippen LogP contribution in [-0.4, -0.2) is 23.7 Å². The van der Waals surface area contributed by atoms with Crippen molar-refractivity contribution in [3.63, 3.8) is 0 Å². The van der Waals surface area contributed by atoms with Crippen LogP contribution in [0.2, 0.25) is 0 Å². The van der Waals surface area contributed by atoms with Crippen molar-refractivity contribution in [3.8, 4) is 0 Å². The molecule has 0 bridgehead atoms. The molecule has 0 fully saturated rings. The average molecular weight is 267 g/mol. The van der Waals surface area contributed by atoms with Crippen LogP contribution < -0.4 is 5.73 Å². The Morgan fingerprint density at radius 1 is 1.41 bits per heavy atom. The van der Waals surface area contributed by atoms with Crippen LogP contribution in [0.15, 0.2) is 23.1 Å². The summed E-state index contributed by atoms with van der Waals surface area (Å²) in [5, 5.41) is 0. The number of alkyl halides is 3. The van der Waals surface area contributed by atoms with Crippen LogP contribution in [-0.2, 0) is 21.7 Å². The molecule has 17 heavy (non-hydrogen) atoms. The Morgan fingerprint density at radius 2 is 2.06 bits per heavy atom. The minimum absolute atomic E-state index is 0.116. The Balaban J connectivity index is 2.94. The summed E-state index contributed by atoms with van der Waals surface area (Å²) in [6.45, 7) is 0.257. The van der Waals surface area contributed by atoms with E-state index in [-0.39, 0.29) is 22.9 Å². The molecule has 0 aromatic heterocycles. The Hall–Kier alpha value is -1.08. The summed E-state index contributed by atoms with van der Waals surface area (Å²) in [5.74, 6) is 0.200. The molecular formula is C10H12F3NO2S. The van der Waals surface area contributed by atoms with Crippen molar-refractivity contribution in [2.45, 2.75) is 11.1 Å². The highest BCUT2D eigenvalue weighted by atomic mass is 32.2. The first-order valence-corrected chi connectivity index (χ1v) is 6.02. The highest BCUT2D eigenvalue weighted by Crippen LogP contribution is 2.32. The molecule has 0 aliphatic heterocycles. The van der Waals surface area contributed by atoms with Crippen molar-refractivity contribution in [1.29, 1.82) is 0 Å². The smallest absolute Gasteiger partial charge is 0.398 e. The molecule has 1 aromatic carbocycles. The average Bonchev–Trinajstić information content (AvgIpc) is 2.24. The van der Waals surface area contributed by atoms with E-state index in [1.54, 1.807) is 0 Å². The monoisotopic (exact) mass is 267 g/mol. The molecule has 1 unspecified atom stereocenters. The maximum Gasteiger partial charge on any atom is 0.416 e. The number of halogens is 3. The molecule has 0 aliphatic rings. The van der Waals surface area contributed by atoms with Gasteiger partial charge in [0.05, 0.1) is 33.6 Å². The first-order chi connectivity index (χ1) is 7.86. The van der Waals surface area contributed by atoms with Crippen LogP contribution in [0.25, 0.3) is 0 Å². The maximum atomic E-state index is 12.4. The minimum Gasteiger partial charge on any atom is -0.398 e. The normalized spacial score (nSPS) is 13.6. The van der Waals surface area contributed by atoms with Gasteiger partial charge in [-0.3, -0.25) is 4.21 Å². The van der Waals surface area contributed by atoms with Gasteiger partial charge in [0.25, 0.3) is 0 Å². The van der Waals surface area contributed by atoms with E-state index in [1.807, 2.05) is 0 Å². The number of hydrogen-bond donors (Lipinski definition) is 1. The quantitative estimate of drug-likeness (QED) is 0.849. The van der Waals surface area contributed by atoms with Gasteiger partial charge in [-0.15, -0.1) is 0 Å². The number of hydrogen-bond acceptors (Lipinski definition) is 3. The van der Waals surface area contributed by atoms with Crippen molar-refractivity contribution in [3.05, 3.63) is 23.8 Å². The molecule has 1 atom stereocenters. The summed E-state index contributed by atoms with van der Waals surface area (Å²) < 4.78 is 53.4. The van der Waals surface area contributed by atoms with E-state index < -0.39 is 22.5 Å². The fourth-order valence-corrected chi connectivity index (χ4v) is 2.28. The molecule has 96 valence electrons. The van der Waals surface area contributed by atoms with Gasteiger partial charge in [0.2, 0.25) is 0 Å². The molecule has 0 spiro atoms. The number of ether oxygens (including phenoxy) is 1. The van der Waals surface area contributed by atoms with Gasteiger partial charge in [-0.1, -0.05) is 0 Å². The van der Waals surface area contributed by atoms with E-state index in [0.29, 0.717) is 0 Å². The van der Waals surface area contributed by atoms with Gasteiger partial charge in [0, 0.05) is 12.8 Å². The molecule has 0 radical (unpaired) electrons. The first-order valence-electron chi connectivity index (χ1n) is 4.70. The van der Waals surface area contributed by atoms with Crippen LogP contribution in [0.5, 0.6) is 0 Å². The van der Waals surface area contributed by atoms with Gasteiger partial charge in [-0.2, -0.15) is 13.2 Å². The van der Waals surface area contributed by atoms with Gasteiger partial charge >= 0.3 is 6.18 Å². The molecule has 0 amide bonds. The van der Waals surface area contributed by atoms with Crippen LogP contribution >= 0.6 is 0 Å². The predicted octanol–water partition coefficient (Wildman–Crippen LogP) is 2.04. The summed E-state index contributed by atoms with van der Waals surface area (Å²) in [6, 6.07) is 2.81. The fraction of sp³-hybridized carbons (Fsp3) is 0.400. The Morgan fingerprint density at radius 3 is 2.53 bits per heavy atom. The van der Waals surface area contributed by atoms with Gasteiger partial charge < -0.3 is 10.5 Å². The second kappa shape index (κ2) is 5.50. The lowest BCUT2D eigenvalue weighted by atomic mass is 10.2.